The van der Waals surface area contributed by atoms with Crippen molar-refractivity contribution in [3.05, 3.63) is 33.4 Å². The molecule has 2 aromatic heterocycles. The van der Waals surface area contributed by atoms with E-state index in [0.717, 1.165) is 10.6 Å². The zero-order valence-electron chi connectivity index (χ0n) is 9.31. The Morgan fingerprint density at radius 3 is 2.82 bits per heavy atom. The van der Waals surface area contributed by atoms with Crippen LogP contribution in [0.5, 0.6) is 0 Å². The van der Waals surface area contributed by atoms with Crippen molar-refractivity contribution in [2.75, 3.05) is 11.9 Å². The maximum Gasteiger partial charge on any atom is 0.202 e. The Morgan fingerprint density at radius 1 is 1.41 bits per heavy atom. The van der Waals surface area contributed by atoms with Gasteiger partial charge in [0.1, 0.15) is 6.33 Å². The number of nitrogens with zero attached hydrogens (tertiary/aromatic N) is 4. The third-order valence-corrected chi connectivity index (χ3v) is 3.50. The summed E-state index contributed by atoms with van der Waals surface area (Å²) in [5.74, 6) is -0.406. The van der Waals surface area contributed by atoms with Gasteiger partial charge in [0.2, 0.25) is 5.82 Å². The Labute approximate surface area is 107 Å². The molecule has 0 saturated heterocycles. The standard InChI is InChI=1S/C10H10ClFN4S/c1-6-7(17-5-15-6)3-16(2)10-8(12)9(11)13-4-14-10/h4-5H,3H2,1-2H3. The molecule has 0 amide bonds. The van der Waals surface area contributed by atoms with E-state index in [1.54, 1.807) is 17.5 Å². The van der Waals surface area contributed by atoms with Crippen molar-refractivity contribution in [2.24, 2.45) is 0 Å². The molecule has 0 aromatic carbocycles. The molecule has 2 rings (SSSR count). The highest BCUT2D eigenvalue weighted by Crippen LogP contribution is 2.23. The van der Waals surface area contributed by atoms with E-state index in [9.17, 15) is 4.39 Å². The molecule has 17 heavy (non-hydrogen) atoms. The van der Waals surface area contributed by atoms with Crippen LogP contribution in [0.4, 0.5) is 10.2 Å². The minimum atomic E-state index is -0.598. The van der Waals surface area contributed by atoms with Crippen molar-refractivity contribution in [3.8, 4) is 0 Å². The Morgan fingerprint density at radius 2 is 2.18 bits per heavy atom. The molecule has 0 saturated carbocycles. The molecule has 2 aromatic rings. The number of hydrogen-bond acceptors (Lipinski definition) is 5. The Kier molecular flexibility index (Phi) is 3.54. The van der Waals surface area contributed by atoms with E-state index < -0.39 is 5.82 Å². The third-order valence-electron chi connectivity index (χ3n) is 2.32. The molecule has 4 nitrogen and oxygen atoms in total. The fraction of sp³-hybridized carbons (Fsp3) is 0.300. The second-order valence-electron chi connectivity index (χ2n) is 3.52. The number of rotatable bonds is 3. The lowest BCUT2D eigenvalue weighted by Crippen LogP contribution is -2.19. The van der Waals surface area contributed by atoms with Gasteiger partial charge in [-0.25, -0.2) is 15.0 Å². The monoisotopic (exact) mass is 272 g/mol. The molecule has 0 spiro atoms. The summed E-state index contributed by atoms with van der Waals surface area (Å²) in [5, 5.41) is -0.164. The van der Waals surface area contributed by atoms with Crippen LogP contribution in [0.3, 0.4) is 0 Å². The van der Waals surface area contributed by atoms with E-state index in [-0.39, 0.29) is 11.0 Å². The quantitative estimate of drug-likeness (QED) is 0.806. The van der Waals surface area contributed by atoms with Crippen molar-refractivity contribution in [1.82, 2.24) is 15.0 Å². The Hall–Kier alpha value is -1.27. The molecule has 0 bridgehead atoms. The normalized spacial score (nSPS) is 10.6. The third kappa shape index (κ3) is 2.53. The highest BCUT2D eigenvalue weighted by Gasteiger charge is 2.15. The molecular formula is C10H10ClFN4S. The average molecular weight is 273 g/mol. The molecule has 0 N–H and O–H groups in total. The average Bonchev–Trinajstić information content (AvgIpc) is 2.68. The minimum Gasteiger partial charge on any atom is -0.352 e. The lowest BCUT2D eigenvalue weighted by Gasteiger charge is -2.17. The fourth-order valence-electron chi connectivity index (χ4n) is 1.37. The van der Waals surface area contributed by atoms with Crippen LogP contribution in [0, 0.1) is 12.7 Å². The summed E-state index contributed by atoms with van der Waals surface area (Å²) in [5.41, 5.74) is 2.71. The summed E-state index contributed by atoms with van der Waals surface area (Å²) >= 11 is 7.14. The van der Waals surface area contributed by atoms with Crippen molar-refractivity contribution in [3.63, 3.8) is 0 Å². The number of aromatic nitrogens is 3. The largest absolute Gasteiger partial charge is 0.352 e. The summed E-state index contributed by atoms with van der Waals surface area (Å²) < 4.78 is 13.7. The van der Waals surface area contributed by atoms with Crippen molar-refractivity contribution in [1.29, 1.82) is 0 Å². The molecule has 7 heteroatoms. The van der Waals surface area contributed by atoms with Crippen LogP contribution in [-0.4, -0.2) is 22.0 Å². The smallest absolute Gasteiger partial charge is 0.202 e. The lowest BCUT2D eigenvalue weighted by atomic mass is 10.3. The van der Waals surface area contributed by atoms with E-state index in [2.05, 4.69) is 15.0 Å². The van der Waals surface area contributed by atoms with Gasteiger partial charge in [-0.2, -0.15) is 4.39 Å². The number of hydrogen-bond donors (Lipinski definition) is 0. The maximum atomic E-state index is 13.7. The zero-order valence-corrected chi connectivity index (χ0v) is 10.9. The lowest BCUT2D eigenvalue weighted by molar-refractivity contribution is 0.607. The van der Waals surface area contributed by atoms with Gasteiger partial charge in [0, 0.05) is 11.9 Å². The van der Waals surface area contributed by atoms with E-state index in [4.69, 9.17) is 11.6 Å². The van der Waals surface area contributed by atoms with Gasteiger partial charge in [-0.3, -0.25) is 0 Å². The van der Waals surface area contributed by atoms with Gasteiger partial charge < -0.3 is 4.90 Å². The van der Waals surface area contributed by atoms with Gasteiger partial charge in [-0.1, -0.05) is 11.6 Å². The number of anilines is 1. The Bertz CT molecular complexity index is 531. The molecule has 0 aliphatic carbocycles. The molecule has 0 unspecified atom stereocenters. The van der Waals surface area contributed by atoms with Crippen molar-refractivity contribution in [2.45, 2.75) is 13.5 Å². The van der Waals surface area contributed by atoms with E-state index in [1.807, 2.05) is 6.92 Å². The molecule has 90 valence electrons. The number of halogens is 2. The molecule has 0 fully saturated rings. The summed E-state index contributed by atoms with van der Waals surface area (Å²) in [6.07, 6.45) is 1.25. The van der Waals surface area contributed by atoms with Crippen LogP contribution in [-0.2, 0) is 6.54 Å². The van der Waals surface area contributed by atoms with Gasteiger partial charge in [-0.05, 0) is 6.92 Å². The van der Waals surface area contributed by atoms with Crippen LogP contribution >= 0.6 is 22.9 Å². The second kappa shape index (κ2) is 4.93. The minimum absolute atomic E-state index is 0.164. The molecule has 0 aliphatic rings. The summed E-state index contributed by atoms with van der Waals surface area (Å²) in [6.45, 7) is 2.46. The summed E-state index contributed by atoms with van der Waals surface area (Å²) in [6, 6.07) is 0. The van der Waals surface area contributed by atoms with Crippen LogP contribution in [0.15, 0.2) is 11.8 Å². The molecule has 0 atom stereocenters. The van der Waals surface area contributed by atoms with Crippen LogP contribution in [0.2, 0.25) is 5.15 Å². The van der Waals surface area contributed by atoms with Crippen LogP contribution in [0.1, 0.15) is 10.6 Å². The van der Waals surface area contributed by atoms with E-state index >= 15 is 0 Å². The van der Waals surface area contributed by atoms with Crippen molar-refractivity contribution >= 4 is 28.8 Å². The fourth-order valence-corrected chi connectivity index (χ4v) is 2.33. The Balaban J connectivity index is 2.23. The highest BCUT2D eigenvalue weighted by molar-refractivity contribution is 7.09. The SMILES string of the molecule is Cc1ncsc1CN(C)c1ncnc(Cl)c1F. The van der Waals surface area contributed by atoms with Crippen LogP contribution < -0.4 is 4.90 Å². The molecular weight excluding hydrogens is 263 g/mol. The number of aryl methyl sites for hydroxylation is 1. The van der Waals surface area contributed by atoms with Gasteiger partial charge in [-0.15, -0.1) is 11.3 Å². The highest BCUT2D eigenvalue weighted by atomic mass is 35.5. The first-order valence-corrected chi connectivity index (χ1v) is 6.11. The first-order valence-electron chi connectivity index (χ1n) is 4.85. The predicted molar refractivity (Wildman–Crippen MR) is 66.0 cm³/mol. The van der Waals surface area contributed by atoms with E-state index in [1.165, 1.54) is 17.7 Å². The maximum absolute atomic E-state index is 13.7. The predicted octanol–water partition coefficient (Wildman–Crippen LogP) is 2.67. The molecule has 2 heterocycles. The summed E-state index contributed by atoms with van der Waals surface area (Å²) in [4.78, 5) is 14.4. The first-order chi connectivity index (χ1) is 8.09. The van der Waals surface area contributed by atoms with Gasteiger partial charge in [0.15, 0.2) is 11.0 Å². The van der Waals surface area contributed by atoms with Crippen LogP contribution in [0.25, 0.3) is 0 Å². The number of thiazole rings is 1. The van der Waals surface area contributed by atoms with E-state index in [0.29, 0.717) is 6.54 Å². The molecule has 0 aliphatic heterocycles. The second-order valence-corrected chi connectivity index (χ2v) is 4.82. The van der Waals surface area contributed by atoms with Gasteiger partial charge in [0.25, 0.3) is 0 Å². The first kappa shape index (κ1) is 12.2. The topological polar surface area (TPSA) is 41.9 Å². The summed E-state index contributed by atoms with van der Waals surface area (Å²) in [7, 11) is 1.75. The van der Waals surface area contributed by atoms with Gasteiger partial charge >= 0.3 is 0 Å². The zero-order chi connectivity index (χ0) is 12.4. The van der Waals surface area contributed by atoms with Gasteiger partial charge in [0.05, 0.1) is 17.7 Å². The van der Waals surface area contributed by atoms with Crippen molar-refractivity contribution < 1.29 is 4.39 Å². The molecule has 0 radical (unpaired) electrons.